The third-order valence-electron chi connectivity index (χ3n) is 3.21. The van der Waals surface area contributed by atoms with Crippen LogP contribution in [0.4, 0.5) is 74.6 Å². The molecule has 0 aromatic carbocycles. The Hall–Kier alpha value is -1.98. The van der Waals surface area contributed by atoms with Gasteiger partial charge in [-0.15, -0.1) is 0 Å². The molecule has 0 aliphatic heterocycles. The first kappa shape index (κ1) is 32.2. The van der Waals surface area contributed by atoms with Crippen LogP contribution in [-0.2, 0) is 4.79 Å². The van der Waals surface area contributed by atoms with Crippen LogP contribution < -0.4 is 0 Å². The Balaban J connectivity index is 0. The summed E-state index contributed by atoms with van der Waals surface area (Å²) in [5.74, 6) is -32.6. The number of carboxylic acids is 1. The van der Waals surface area contributed by atoms with Crippen LogP contribution in [0.25, 0.3) is 0 Å². The summed E-state index contributed by atoms with van der Waals surface area (Å²) in [7, 11) is 0. The van der Waals surface area contributed by atoms with Crippen molar-refractivity contribution in [1.29, 1.82) is 0 Å². The van der Waals surface area contributed by atoms with Crippen molar-refractivity contribution in [3.63, 3.8) is 0 Å². The van der Waals surface area contributed by atoms with Gasteiger partial charge in [0.25, 0.3) is 6.43 Å². The normalized spacial score (nSPS) is 17.7. The van der Waals surface area contributed by atoms with Gasteiger partial charge < -0.3 is 5.11 Å². The largest absolute Gasteiger partial charge is 0.478 e. The van der Waals surface area contributed by atoms with Crippen LogP contribution in [0.1, 0.15) is 0 Å². The highest BCUT2D eigenvalue weighted by atomic mass is 19.4. The van der Waals surface area contributed by atoms with Crippen LogP contribution in [0.2, 0.25) is 0 Å². The number of carbonyl (C=O) groups is 1. The number of rotatable bonds is 9. The molecule has 0 heterocycles. The molecule has 0 radical (unpaired) electrons. The first-order valence-corrected chi connectivity index (χ1v) is 7.13. The third-order valence-corrected chi connectivity index (χ3v) is 3.21. The molecular formula is C13H9F17O2. The molecule has 2 nitrogen and oxygen atoms in total. The second-order valence-electron chi connectivity index (χ2n) is 5.46. The van der Waals surface area contributed by atoms with Gasteiger partial charge in [0.15, 0.2) is 18.5 Å². The molecule has 0 fully saturated rings. The van der Waals surface area contributed by atoms with Crippen molar-refractivity contribution in [2.75, 3.05) is 0 Å². The fraction of sp³-hybridized carbons (Fsp3) is 0.769. The highest BCUT2D eigenvalue weighted by molar-refractivity contribution is 5.78. The predicted molar refractivity (Wildman–Crippen MR) is 69.3 cm³/mol. The molecule has 0 aromatic rings. The Morgan fingerprint density at radius 1 is 0.656 bits per heavy atom. The molecule has 19 heteroatoms. The van der Waals surface area contributed by atoms with Gasteiger partial charge in [-0.2, -0.15) is 48.3 Å². The van der Waals surface area contributed by atoms with E-state index in [-0.39, 0.29) is 0 Å². The van der Waals surface area contributed by atoms with Crippen molar-refractivity contribution in [3.8, 4) is 0 Å². The zero-order valence-corrected chi connectivity index (χ0v) is 14.5. The molecule has 32 heavy (non-hydrogen) atoms. The quantitative estimate of drug-likeness (QED) is 0.301. The first-order valence-electron chi connectivity index (χ1n) is 7.13. The summed E-state index contributed by atoms with van der Waals surface area (Å²) in [5, 5.41) is 7.60. The summed E-state index contributed by atoms with van der Waals surface area (Å²) in [6.45, 7) is 2.96. The van der Waals surface area contributed by atoms with Gasteiger partial charge in [0, 0.05) is 6.08 Å². The van der Waals surface area contributed by atoms with E-state index < -0.39 is 66.9 Å². The average Bonchev–Trinajstić information content (AvgIpc) is 2.64. The van der Waals surface area contributed by atoms with Gasteiger partial charge in [-0.1, -0.05) is 6.58 Å². The lowest BCUT2D eigenvalue weighted by molar-refractivity contribution is -0.428. The molecule has 0 saturated carbocycles. The van der Waals surface area contributed by atoms with Crippen molar-refractivity contribution < 1.29 is 84.5 Å². The minimum atomic E-state index is -8.12. The molecule has 0 aliphatic carbocycles. The molecular weight excluding hydrogens is 511 g/mol. The number of hydrogen-bond donors (Lipinski definition) is 1. The zero-order valence-electron chi connectivity index (χ0n) is 14.5. The minimum Gasteiger partial charge on any atom is -0.478 e. The van der Waals surface area contributed by atoms with E-state index in [4.69, 9.17) is 5.11 Å². The van der Waals surface area contributed by atoms with Crippen molar-refractivity contribution in [1.82, 2.24) is 0 Å². The Morgan fingerprint density at radius 2 is 1.00 bits per heavy atom. The molecule has 0 saturated heterocycles. The molecule has 4 unspecified atom stereocenters. The van der Waals surface area contributed by atoms with Crippen LogP contribution in [0.15, 0.2) is 12.7 Å². The van der Waals surface area contributed by atoms with Crippen molar-refractivity contribution >= 4 is 5.97 Å². The van der Waals surface area contributed by atoms with E-state index in [1.54, 1.807) is 0 Å². The summed E-state index contributed by atoms with van der Waals surface area (Å²) in [6, 6.07) is 0. The van der Waals surface area contributed by atoms with E-state index in [9.17, 15) is 79.4 Å². The molecule has 4 atom stereocenters. The molecule has 0 amide bonds. The number of hydrogen-bond acceptors (Lipinski definition) is 1. The Labute approximate surface area is 165 Å². The molecule has 0 aliphatic rings. The summed E-state index contributed by atoms with van der Waals surface area (Å²) in [4.78, 5) is 9.25. The van der Waals surface area contributed by atoms with Crippen LogP contribution in [-0.4, -0.2) is 72.1 Å². The number of alkyl halides is 17. The lowest BCUT2D eigenvalue weighted by Gasteiger charge is -2.39. The topological polar surface area (TPSA) is 37.3 Å². The van der Waals surface area contributed by atoms with Crippen LogP contribution in [0, 0.1) is 0 Å². The fourth-order valence-corrected chi connectivity index (χ4v) is 1.43. The maximum Gasteiger partial charge on any atom is 0.460 e. The summed E-state index contributed by atoms with van der Waals surface area (Å²) in [5.41, 5.74) is 0. The lowest BCUT2D eigenvalue weighted by Crippen LogP contribution is -2.69. The molecule has 0 spiro atoms. The maximum absolute atomic E-state index is 13.1. The molecule has 192 valence electrons. The van der Waals surface area contributed by atoms with E-state index >= 15 is 0 Å². The van der Waals surface area contributed by atoms with Crippen LogP contribution in [0.3, 0.4) is 0 Å². The van der Waals surface area contributed by atoms with Gasteiger partial charge in [-0.3, -0.25) is 0 Å². The Morgan fingerprint density at radius 3 is 1.25 bits per heavy atom. The van der Waals surface area contributed by atoms with E-state index in [1.165, 1.54) is 0 Å². The standard InChI is InChI=1S/C10H5F17.C3H4O2/c11-1(3(13)5(15)16)2(12)4(14)6(17,18)7(19,20)8(21,22)9(23,24)10(25,26)27;1-2-3(4)5/h1-5H;2H,1H2,(H,4,5). The molecule has 1 N–H and O–H groups in total. The predicted octanol–water partition coefficient (Wildman–Crippen LogP) is 5.96. The van der Waals surface area contributed by atoms with Crippen molar-refractivity contribution in [2.45, 2.75) is 61.0 Å². The van der Waals surface area contributed by atoms with Crippen molar-refractivity contribution in [3.05, 3.63) is 12.7 Å². The smallest absolute Gasteiger partial charge is 0.460 e. The number of halogens is 17. The first-order chi connectivity index (χ1) is 13.9. The maximum atomic E-state index is 13.1. The second kappa shape index (κ2) is 10.3. The fourth-order valence-electron chi connectivity index (χ4n) is 1.43. The van der Waals surface area contributed by atoms with Crippen LogP contribution >= 0.6 is 0 Å². The van der Waals surface area contributed by atoms with Gasteiger partial charge in [0.05, 0.1) is 0 Å². The van der Waals surface area contributed by atoms with Gasteiger partial charge in [-0.25, -0.2) is 31.1 Å². The van der Waals surface area contributed by atoms with E-state index in [2.05, 4.69) is 6.58 Å². The highest BCUT2D eigenvalue weighted by Gasteiger charge is 2.88. The van der Waals surface area contributed by atoms with Gasteiger partial charge >= 0.3 is 35.8 Å². The van der Waals surface area contributed by atoms with Crippen LogP contribution in [0.5, 0.6) is 0 Å². The Kier molecular flexibility index (Phi) is 10.4. The monoisotopic (exact) mass is 520 g/mol. The van der Waals surface area contributed by atoms with Gasteiger partial charge in [0.2, 0.25) is 6.17 Å². The van der Waals surface area contributed by atoms with Crippen molar-refractivity contribution in [2.24, 2.45) is 0 Å². The molecule has 0 rings (SSSR count). The average molecular weight is 520 g/mol. The number of carboxylic acid groups (broad SMARTS) is 1. The SMILES string of the molecule is C=CC(=O)O.FC(F)C(F)C(F)C(F)C(F)C(F)(F)C(F)(F)C(F)(F)C(F)(F)C(F)(F)F. The van der Waals surface area contributed by atoms with Gasteiger partial charge in [-0.05, 0) is 0 Å². The van der Waals surface area contributed by atoms with E-state index in [0.717, 1.165) is 6.08 Å². The zero-order chi connectivity index (χ0) is 26.7. The lowest BCUT2D eigenvalue weighted by atomic mass is 9.91. The minimum absolute atomic E-state index is 0.833. The summed E-state index contributed by atoms with van der Waals surface area (Å²) < 4.78 is 213. The second-order valence-corrected chi connectivity index (χ2v) is 5.46. The summed E-state index contributed by atoms with van der Waals surface area (Å²) >= 11 is 0. The molecule has 0 bridgehead atoms. The van der Waals surface area contributed by atoms with E-state index in [0.29, 0.717) is 0 Å². The van der Waals surface area contributed by atoms with Gasteiger partial charge in [0.1, 0.15) is 0 Å². The highest BCUT2D eigenvalue weighted by Crippen LogP contribution is 2.58. The Bertz CT molecular complexity index is 628. The van der Waals surface area contributed by atoms with E-state index in [1.807, 2.05) is 0 Å². The summed E-state index contributed by atoms with van der Waals surface area (Å²) in [6.07, 6.45) is -31.2. The number of aliphatic carboxylic acids is 1. The molecule has 0 aromatic heterocycles. The third kappa shape index (κ3) is 6.08.